The normalized spacial score (nSPS) is 26.4. The summed E-state index contributed by atoms with van der Waals surface area (Å²) in [5, 5.41) is -0.0579. The second kappa shape index (κ2) is 17.9. The van der Waals surface area contributed by atoms with Crippen molar-refractivity contribution in [3.63, 3.8) is 0 Å². The van der Waals surface area contributed by atoms with E-state index in [1.165, 1.54) is 11.1 Å². The zero-order valence-electron chi connectivity index (χ0n) is 34.9. The first kappa shape index (κ1) is 42.2. The number of morpholine rings is 1. The molecule has 3 aliphatic heterocycles. The van der Waals surface area contributed by atoms with Gasteiger partial charge in [-0.3, -0.25) is 14.6 Å². The molecule has 3 heterocycles. The van der Waals surface area contributed by atoms with Crippen molar-refractivity contribution in [1.29, 1.82) is 0 Å². The summed E-state index contributed by atoms with van der Waals surface area (Å²) in [7, 11) is -2.09. The van der Waals surface area contributed by atoms with E-state index < -0.39 is 26.8 Å². The summed E-state index contributed by atoms with van der Waals surface area (Å²) >= 11 is 6.55. The molecule has 3 fully saturated rings. The van der Waals surface area contributed by atoms with E-state index in [9.17, 15) is 13.2 Å². The van der Waals surface area contributed by atoms with Gasteiger partial charge in [0, 0.05) is 75.0 Å². The number of rotatable bonds is 13. The number of ether oxygens (including phenoxy) is 3. The van der Waals surface area contributed by atoms with Gasteiger partial charge in [0.05, 0.1) is 30.8 Å². The topological polar surface area (TPSA) is 101 Å². The first-order chi connectivity index (χ1) is 28.5. The number of allylic oxidation sites excluding steroid dienone is 1. The SMILES string of the molecule is CC/C=C/[C@](CN1CCN2CCOC[C@@H]2C1)(OC)[C@@H]1CC[C@H]1CN1C[C@@]2(CCCc3cc(Cl)ccc32)COc2ccc(C(=O)NS(=O)(=O)[C@@H](C)Cc3ccccc3)cc21. The number of carbonyl (C=O) groups is 1. The number of anilines is 1. The molecular formula is C47H61ClN4O6S. The van der Waals surface area contributed by atoms with E-state index in [4.69, 9.17) is 25.8 Å². The number of hydrogen-bond acceptors (Lipinski definition) is 9. The summed E-state index contributed by atoms with van der Waals surface area (Å²) in [6, 6.07) is 21.5. The van der Waals surface area contributed by atoms with Gasteiger partial charge in [-0.1, -0.05) is 67.1 Å². The summed E-state index contributed by atoms with van der Waals surface area (Å²) in [6.45, 7) is 12.2. The summed E-state index contributed by atoms with van der Waals surface area (Å²) in [6.07, 6.45) is 10.9. The van der Waals surface area contributed by atoms with E-state index in [2.05, 4.69) is 50.6 Å². The third-order valence-corrected chi connectivity index (χ3v) is 15.9. The van der Waals surface area contributed by atoms with E-state index in [1.807, 2.05) is 55.6 Å². The lowest BCUT2D eigenvalue weighted by molar-refractivity contribution is -0.108. The van der Waals surface area contributed by atoms with Crippen LogP contribution in [0, 0.1) is 11.8 Å². The number of sulfonamides is 1. The van der Waals surface area contributed by atoms with E-state index in [-0.39, 0.29) is 16.9 Å². The molecular weight excluding hydrogens is 784 g/mol. The fourth-order valence-corrected chi connectivity index (χ4v) is 11.7. The van der Waals surface area contributed by atoms with Gasteiger partial charge in [-0.05, 0) is 111 Å². The van der Waals surface area contributed by atoms with Gasteiger partial charge in [-0.2, -0.15) is 0 Å². The number of nitrogens with zero attached hydrogens (tertiary/aromatic N) is 3. The minimum Gasteiger partial charge on any atom is -0.490 e. The number of carbonyl (C=O) groups excluding carboxylic acids is 1. The fourth-order valence-electron chi connectivity index (χ4n) is 10.5. The first-order valence-electron chi connectivity index (χ1n) is 21.7. The molecule has 0 aromatic heterocycles. The van der Waals surface area contributed by atoms with Crippen LogP contribution in [0.25, 0.3) is 0 Å². The largest absolute Gasteiger partial charge is 0.490 e. The molecule has 1 amide bonds. The van der Waals surface area contributed by atoms with Crippen molar-refractivity contribution in [3.05, 3.63) is 106 Å². The van der Waals surface area contributed by atoms with Crippen LogP contribution in [-0.4, -0.2) is 114 Å². The molecule has 2 aliphatic carbocycles. The number of aryl methyl sites for hydroxylation is 1. The second-order valence-corrected chi connectivity index (χ2v) is 20.2. The van der Waals surface area contributed by atoms with Crippen LogP contribution in [-0.2, 0) is 37.8 Å². The molecule has 6 atom stereocenters. The van der Waals surface area contributed by atoms with Gasteiger partial charge in [0.15, 0.2) is 0 Å². The number of fused-ring (bicyclic) bond motifs is 4. The van der Waals surface area contributed by atoms with Crippen molar-refractivity contribution in [2.45, 2.75) is 81.1 Å². The smallest absolute Gasteiger partial charge is 0.264 e. The fraction of sp³-hybridized carbons (Fsp3) is 0.553. The molecule has 0 bridgehead atoms. The highest BCUT2D eigenvalue weighted by Crippen LogP contribution is 2.49. The molecule has 0 radical (unpaired) electrons. The highest BCUT2D eigenvalue weighted by molar-refractivity contribution is 7.90. The predicted molar refractivity (Wildman–Crippen MR) is 234 cm³/mol. The molecule has 5 aliphatic rings. The molecule has 3 aromatic rings. The summed E-state index contributed by atoms with van der Waals surface area (Å²) in [5.41, 5.74) is 3.79. The average Bonchev–Trinajstić information content (AvgIpc) is 3.38. The van der Waals surface area contributed by atoms with Crippen LogP contribution < -0.4 is 14.4 Å². The maximum Gasteiger partial charge on any atom is 0.264 e. The van der Waals surface area contributed by atoms with Crippen molar-refractivity contribution in [2.75, 3.05) is 77.6 Å². The highest BCUT2D eigenvalue weighted by Gasteiger charge is 2.50. The van der Waals surface area contributed by atoms with Crippen molar-refractivity contribution in [1.82, 2.24) is 14.5 Å². The summed E-state index contributed by atoms with van der Waals surface area (Å²) in [4.78, 5) is 21.5. The lowest BCUT2D eigenvalue weighted by atomic mass is 9.63. The van der Waals surface area contributed by atoms with Crippen LogP contribution in [0.2, 0.25) is 5.02 Å². The molecule has 1 spiro atoms. The van der Waals surface area contributed by atoms with Gasteiger partial charge in [0.2, 0.25) is 10.0 Å². The van der Waals surface area contributed by atoms with Crippen molar-refractivity contribution in [2.24, 2.45) is 11.8 Å². The van der Waals surface area contributed by atoms with Gasteiger partial charge in [0.25, 0.3) is 5.91 Å². The van der Waals surface area contributed by atoms with Crippen molar-refractivity contribution < 1.29 is 27.4 Å². The monoisotopic (exact) mass is 844 g/mol. The number of halogens is 1. The minimum atomic E-state index is -3.96. The molecule has 8 rings (SSSR count). The number of methoxy groups -OCH3 is 1. The Kier molecular flexibility index (Phi) is 12.8. The third-order valence-electron chi connectivity index (χ3n) is 13.9. The van der Waals surface area contributed by atoms with Crippen LogP contribution in [0.15, 0.2) is 78.9 Å². The van der Waals surface area contributed by atoms with Crippen LogP contribution in [0.3, 0.4) is 0 Å². The number of amides is 1. The molecule has 10 nitrogen and oxygen atoms in total. The van der Waals surface area contributed by atoms with Gasteiger partial charge in [0.1, 0.15) is 11.4 Å². The van der Waals surface area contributed by atoms with Gasteiger partial charge in [-0.25, -0.2) is 13.1 Å². The van der Waals surface area contributed by atoms with Gasteiger partial charge < -0.3 is 19.1 Å². The Bertz CT molecular complexity index is 2100. The lowest BCUT2D eigenvalue weighted by Crippen LogP contribution is -2.62. The standard InChI is InChI=1S/C47H61ClN4O6S/c1-4-5-20-47(56-3,32-50-21-22-51-23-24-57-30-40(51)29-50)42-16-13-38(42)28-52-31-46(19-9-12-36-26-39(48)15-17-41(36)46)33-58-44-18-14-37(27-43(44)52)45(53)49-59(54,55)34(2)25-35-10-7-6-8-11-35/h5-8,10-11,14-15,17-18,20,26-27,34,38,40,42H,4,9,12-13,16,19,21-25,28-33H2,1-3H3,(H,49,53)/b20-5+/t34-,38-,40-,42+,46-,47+/m0/s1. The van der Waals surface area contributed by atoms with Gasteiger partial charge >= 0.3 is 0 Å². The van der Waals surface area contributed by atoms with E-state index in [0.717, 1.165) is 107 Å². The van der Waals surface area contributed by atoms with Crippen molar-refractivity contribution in [3.8, 4) is 5.75 Å². The predicted octanol–water partition coefficient (Wildman–Crippen LogP) is 6.90. The highest BCUT2D eigenvalue weighted by atomic mass is 35.5. The average molecular weight is 846 g/mol. The Morgan fingerprint density at radius 1 is 1.10 bits per heavy atom. The maximum atomic E-state index is 13.9. The van der Waals surface area contributed by atoms with Crippen molar-refractivity contribution >= 4 is 33.2 Å². The number of hydrogen-bond donors (Lipinski definition) is 1. The Hall–Kier alpha value is -3.45. The van der Waals surface area contributed by atoms with Gasteiger partial charge in [-0.15, -0.1) is 0 Å². The minimum absolute atomic E-state index is 0.277. The molecule has 1 saturated carbocycles. The van der Waals surface area contributed by atoms with E-state index >= 15 is 0 Å². The van der Waals surface area contributed by atoms with E-state index in [1.54, 1.807) is 13.0 Å². The Morgan fingerprint density at radius 3 is 2.73 bits per heavy atom. The molecule has 59 heavy (non-hydrogen) atoms. The third kappa shape index (κ3) is 8.98. The number of nitrogens with one attached hydrogen (secondary N) is 1. The molecule has 1 N–H and O–H groups in total. The number of piperazine rings is 1. The van der Waals surface area contributed by atoms with Crippen LogP contribution in [0.5, 0.6) is 5.75 Å². The zero-order valence-corrected chi connectivity index (χ0v) is 36.5. The van der Waals surface area contributed by atoms with E-state index in [0.29, 0.717) is 37.3 Å². The summed E-state index contributed by atoms with van der Waals surface area (Å²) in [5.74, 6) is 0.646. The Balaban J connectivity index is 1.09. The van der Waals surface area contributed by atoms with Crippen LogP contribution in [0.4, 0.5) is 5.69 Å². The van der Waals surface area contributed by atoms with Crippen LogP contribution in [0.1, 0.15) is 73.0 Å². The summed E-state index contributed by atoms with van der Waals surface area (Å²) < 4.78 is 48.7. The second-order valence-electron chi connectivity index (χ2n) is 17.7. The molecule has 318 valence electrons. The molecule has 12 heteroatoms. The molecule has 3 aromatic carbocycles. The lowest BCUT2D eigenvalue weighted by Gasteiger charge is -2.53. The quantitative estimate of drug-likeness (QED) is 0.184. The van der Waals surface area contributed by atoms with Crippen LogP contribution >= 0.6 is 11.6 Å². The Morgan fingerprint density at radius 2 is 1.95 bits per heavy atom. The Labute approximate surface area is 356 Å². The molecule has 2 saturated heterocycles. The number of benzene rings is 3. The first-order valence-corrected chi connectivity index (χ1v) is 23.6. The maximum absolute atomic E-state index is 13.9. The zero-order chi connectivity index (χ0) is 41.2. The molecule has 0 unspecified atom stereocenters.